The molecule has 23 heavy (non-hydrogen) atoms. The molecule has 3 fully saturated rings. The topological polar surface area (TPSA) is 56.2 Å². The zero-order valence-corrected chi connectivity index (χ0v) is 13.4. The summed E-state index contributed by atoms with van der Waals surface area (Å²) in [6.45, 7) is 0. The molecule has 1 aromatic heterocycles. The van der Waals surface area contributed by atoms with Crippen LogP contribution in [0.5, 0.6) is 0 Å². The highest BCUT2D eigenvalue weighted by Gasteiger charge is 2.53. The number of carbonyl (C=O) groups is 1. The van der Waals surface area contributed by atoms with E-state index in [1.165, 1.54) is 25.7 Å². The van der Waals surface area contributed by atoms with Crippen LogP contribution >= 0.6 is 0 Å². The normalized spacial score (nSPS) is 35.6. The zero-order valence-electron chi connectivity index (χ0n) is 13.4. The van der Waals surface area contributed by atoms with Crippen LogP contribution in [0.4, 0.5) is 5.69 Å². The van der Waals surface area contributed by atoms with E-state index < -0.39 is 0 Å². The van der Waals surface area contributed by atoms with Crippen LogP contribution in [-0.4, -0.2) is 5.78 Å². The fourth-order valence-corrected chi connectivity index (χ4v) is 5.87. The molecule has 0 amide bonds. The lowest BCUT2D eigenvalue weighted by molar-refractivity contribution is 0.0582. The van der Waals surface area contributed by atoms with Crippen LogP contribution in [0.25, 0.3) is 11.0 Å². The molecule has 3 nitrogen and oxygen atoms in total. The molecule has 1 aromatic carbocycles. The molecule has 120 valence electrons. The minimum atomic E-state index is -0.155. The Hall–Kier alpha value is -1.77. The van der Waals surface area contributed by atoms with Gasteiger partial charge in [-0.2, -0.15) is 0 Å². The second kappa shape index (κ2) is 4.62. The van der Waals surface area contributed by atoms with Crippen molar-refractivity contribution in [2.75, 3.05) is 5.73 Å². The summed E-state index contributed by atoms with van der Waals surface area (Å²) in [5.74, 6) is 3.23. The Balaban J connectivity index is 1.55. The number of anilines is 1. The highest BCUT2D eigenvalue weighted by molar-refractivity contribution is 6.01. The van der Waals surface area contributed by atoms with E-state index in [0.717, 1.165) is 48.0 Å². The molecule has 2 N–H and O–H groups in total. The number of benzene rings is 1. The van der Waals surface area contributed by atoms with Gasteiger partial charge < -0.3 is 10.2 Å². The summed E-state index contributed by atoms with van der Waals surface area (Å²) in [5, 5.41) is 0.976. The third-order valence-electron chi connectivity index (χ3n) is 6.75. The predicted octanol–water partition coefficient (Wildman–Crippen LogP) is 4.80. The van der Waals surface area contributed by atoms with Gasteiger partial charge in [-0.25, -0.2) is 0 Å². The molecule has 5 rings (SSSR count). The van der Waals surface area contributed by atoms with Crippen molar-refractivity contribution < 1.29 is 9.21 Å². The van der Waals surface area contributed by atoms with E-state index in [9.17, 15) is 4.79 Å². The third-order valence-corrected chi connectivity index (χ3v) is 6.75. The fourth-order valence-electron chi connectivity index (χ4n) is 5.87. The molecule has 2 aromatic rings. The van der Waals surface area contributed by atoms with Gasteiger partial charge in [0.25, 0.3) is 0 Å². The van der Waals surface area contributed by atoms with Crippen molar-refractivity contribution in [3.63, 3.8) is 0 Å². The van der Waals surface area contributed by atoms with Crippen LogP contribution in [0, 0.1) is 23.2 Å². The van der Waals surface area contributed by atoms with Gasteiger partial charge in [0, 0.05) is 22.6 Å². The summed E-state index contributed by atoms with van der Waals surface area (Å²) in [6, 6.07) is 7.54. The number of nitrogens with two attached hydrogens (primary N) is 1. The van der Waals surface area contributed by atoms with Gasteiger partial charge in [-0.3, -0.25) is 4.79 Å². The van der Waals surface area contributed by atoms with E-state index in [1.807, 2.05) is 24.3 Å². The number of hydrogen-bond donors (Lipinski definition) is 1. The van der Waals surface area contributed by atoms with Crippen molar-refractivity contribution in [2.45, 2.75) is 44.9 Å². The maximum absolute atomic E-state index is 13.4. The summed E-state index contributed by atoms with van der Waals surface area (Å²) in [4.78, 5) is 13.4. The molecule has 3 heteroatoms. The molecule has 3 bridgehead atoms. The fraction of sp³-hybridized carbons (Fsp3) is 0.550. The maximum atomic E-state index is 13.4. The van der Waals surface area contributed by atoms with Crippen LogP contribution in [0.3, 0.4) is 0 Å². The lowest BCUT2D eigenvalue weighted by atomic mass is 9.64. The van der Waals surface area contributed by atoms with Crippen LogP contribution in [0.1, 0.15) is 55.5 Å². The number of furan rings is 1. The average Bonchev–Trinajstić information content (AvgIpc) is 3.02. The van der Waals surface area contributed by atoms with Gasteiger partial charge in [-0.05, 0) is 68.1 Å². The van der Waals surface area contributed by atoms with E-state index in [2.05, 4.69) is 0 Å². The first-order chi connectivity index (χ1) is 11.1. The molecule has 4 atom stereocenters. The smallest absolute Gasteiger partial charge is 0.204 e. The van der Waals surface area contributed by atoms with Crippen molar-refractivity contribution >= 4 is 22.4 Å². The number of rotatable bonds is 2. The Morgan fingerprint density at radius 2 is 2.04 bits per heavy atom. The highest BCUT2D eigenvalue weighted by Crippen LogP contribution is 2.59. The Kier molecular flexibility index (Phi) is 2.74. The van der Waals surface area contributed by atoms with E-state index in [-0.39, 0.29) is 11.2 Å². The van der Waals surface area contributed by atoms with E-state index in [1.54, 1.807) is 0 Å². The summed E-state index contributed by atoms with van der Waals surface area (Å²) < 4.78 is 5.91. The minimum Gasteiger partial charge on any atom is -0.453 e. The lowest BCUT2D eigenvalue weighted by Gasteiger charge is -2.38. The number of nitrogen functional groups attached to an aromatic ring is 1. The van der Waals surface area contributed by atoms with Crippen molar-refractivity contribution in [3.8, 4) is 0 Å². The Labute approximate surface area is 136 Å². The van der Waals surface area contributed by atoms with Crippen molar-refractivity contribution in [3.05, 3.63) is 30.0 Å². The molecule has 1 heterocycles. The number of carbonyl (C=O) groups excluding carboxylic acids is 1. The third kappa shape index (κ3) is 1.98. The second-order valence-electron chi connectivity index (χ2n) is 8.18. The van der Waals surface area contributed by atoms with Gasteiger partial charge in [-0.1, -0.05) is 12.8 Å². The van der Waals surface area contributed by atoms with E-state index in [4.69, 9.17) is 10.2 Å². The molecule has 3 saturated carbocycles. The largest absolute Gasteiger partial charge is 0.453 e. The summed E-state index contributed by atoms with van der Waals surface area (Å²) in [7, 11) is 0. The van der Waals surface area contributed by atoms with Crippen LogP contribution in [-0.2, 0) is 0 Å². The summed E-state index contributed by atoms with van der Waals surface area (Å²) in [5.41, 5.74) is 7.09. The molecule has 3 aliphatic rings. The molecular formula is C20H23NO2. The van der Waals surface area contributed by atoms with Crippen molar-refractivity contribution in [1.82, 2.24) is 0 Å². The highest BCUT2D eigenvalue weighted by atomic mass is 16.3. The molecule has 0 spiro atoms. The molecule has 0 radical (unpaired) electrons. The quantitative estimate of drug-likeness (QED) is 0.640. The van der Waals surface area contributed by atoms with E-state index >= 15 is 0 Å². The van der Waals surface area contributed by atoms with Crippen LogP contribution < -0.4 is 5.73 Å². The standard InChI is InChI=1S/C20H23NO2/c21-16-4-3-14-8-18(23-17(14)9-16)19(22)20-5-1-2-13-6-12(10-20)7-15(13)11-20/h3-4,8-9,12-13,15H,1-2,5-7,10-11,21H2. The van der Waals surface area contributed by atoms with Gasteiger partial charge in [0.05, 0.1) is 0 Å². The van der Waals surface area contributed by atoms with Crippen molar-refractivity contribution in [1.29, 1.82) is 0 Å². The number of hydrogen-bond acceptors (Lipinski definition) is 3. The summed E-state index contributed by atoms with van der Waals surface area (Å²) in [6.07, 6.45) is 8.46. The molecule has 4 unspecified atom stereocenters. The van der Waals surface area contributed by atoms with Gasteiger partial charge in [0.15, 0.2) is 5.76 Å². The van der Waals surface area contributed by atoms with Crippen LogP contribution in [0.15, 0.2) is 28.7 Å². The van der Waals surface area contributed by atoms with Gasteiger partial charge >= 0.3 is 0 Å². The van der Waals surface area contributed by atoms with Crippen molar-refractivity contribution in [2.24, 2.45) is 23.2 Å². The zero-order chi connectivity index (χ0) is 15.6. The van der Waals surface area contributed by atoms with Gasteiger partial charge in [0.2, 0.25) is 5.78 Å². The van der Waals surface area contributed by atoms with Crippen LogP contribution in [0.2, 0.25) is 0 Å². The lowest BCUT2D eigenvalue weighted by Crippen LogP contribution is -2.36. The Morgan fingerprint density at radius 1 is 1.17 bits per heavy atom. The number of Topliss-reactive ketones (excluding diaryl/α,β-unsaturated/α-hetero) is 1. The predicted molar refractivity (Wildman–Crippen MR) is 90.2 cm³/mol. The van der Waals surface area contributed by atoms with Gasteiger partial charge in [0.1, 0.15) is 5.58 Å². The molecule has 0 saturated heterocycles. The maximum Gasteiger partial charge on any atom is 0.204 e. The Bertz CT molecular complexity index is 792. The molecule has 3 aliphatic carbocycles. The molecule has 0 aliphatic heterocycles. The first-order valence-corrected chi connectivity index (χ1v) is 8.97. The summed E-state index contributed by atoms with van der Waals surface area (Å²) >= 11 is 0. The SMILES string of the molecule is Nc1ccc2cc(C(=O)C34CCCC5CC(CC5C3)C4)oc2c1. The van der Waals surface area contributed by atoms with E-state index in [0.29, 0.717) is 11.4 Å². The average molecular weight is 309 g/mol. The first-order valence-electron chi connectivity index (χ1n) is 8.97. The Morgan fingerprint density at radius 3 is 2.96 bits per heavy atom. The van der Waals surface area contributed by atoms with Gasteiger partial charge in [-0.15, -0.1) is 0 Å². The second-order valence-corrected chi connectivity index (χ2v) is 8.18. The number of fused-ring (bicyclic) bond motifs is 3. The number of ketones is 1. The first kappa shape index (κ1) is 13.6. The minimum absolute atomic E-state index is 0.155. The molecular weight excluding hydrogens is 286 g/mol. The monoisotopic (exact) mass is 309 g/mol.